The number of rotatable bonds is 26. The van der Waals surface area contributed by atoms with E-state index in [1.165, 1.54) is 19.4 Å². The van der Waals surface area contributed by atoms with E-state index in [1.807, 2.05) is 24.8 Å². The Balaban J connectivity index is 0.794. The molecule has 1 aliphatic rings. The number of methoxy groups -OCH3 is 1. The Morgan fingerprint density at radius 3 is 2.25 bits per heavy atom. The molecule has 20 heteroatoms. The lowest BCUT2D eigenvalue weighted by Crippen LogP contribution is -2.44. The van der Waals surface area contributed by atoms with Gasteiger partial charge in [-0.25, -0.2) is 29.7 Å². The van der Waals surface area contributed by atoms with Gasteiger partial charge in [-0.3, -0.25) is 14.4 Å². The van der Waals surface area contributed by atoms with Gasteiger partial charge in [-0.2, -0.15) is 5.26 Å². The molecule has 374 valence electrons. The van der Waals surface area contributed by atoms with E-state index in [0.29, 0.717) is 117 Å². The zero-order valence-electron chi connectivity index (χ0n) is 40.9. The molecule has 0 saturated heterocycles. The highest BCUT2D eigenvalue weighted by Crippen LogP contribution is 2.40. The average molecular weight is 973 g/mol. The van der Waals surface area contributed by atoms with Crippen molar-refractivity contribution in [1.29, 1.82) is 5.26 Å². The van der Waals surface area contributed by atoms with Gasteiger partial charge >= 0.3 is 5.97 Å². The number of pyridine rings is 3. The first-order valence-electron chi connectivity index (χ1n) is 23.1. The summed E-state index contributed by atoms with van der Waals surface area (Å²) in [6.07, 6.45) is 7.41. The summed E-state index contributed by atoms with van der Waals surface area (Å²) < 4.78 is 33.1. The van der Waals surface area contributed by atoms with Gasteiger partial charge in [0.05, 0.1) is 69.1 Å². The molecule has 1 aromatic carbocycles. The first kappa shape index (κ1) is 52.8. The molecule has 4 aromatic heterocycles. The standard InChI is InChI=1S/C51H60N10O10/c1-50(2,3)17-16-41(48(65)66-6)60-47(64)34-12-15-44(56-29-34)71-38-11-7-10-37(27-38)70-33-43(62)54-19-21-67-23-25-69-26-24-68-22-20-55-49-57-30-36(31-58-49)40-14-13-39-45(63)51(4,5)61(46(39)59-40)32-35-9-8-18-53-42(35)28-52/h7-15,18,27,29-31,41H,16-17,19-26,32-33H2,1-6H3,(H,54,62)(H,60,64)(H,55,57,58)/t41-/m0/s1. The summed E-state index contributed by atoms with van der Waals surface area (Å²) in [6.45, 7) is 12.9. The zero-order valence-corrected chi connectivity index (χ0v) is 40.9. The molecule has 0 unspecified atom stereocenters. The number of hydrogen-bond acceptors (Lipinski definition) is 18. The van der Waals surface area contributed by atoms with Crippen molar-refractivity contribution in [2.75, 3.05) is 76.7 Å². The molecule has 5 aromatic rings. The smallest absolute Gasteiger partial charge is 0.328 e. The molecular formula is C51H60N10O10. The van der Waals surface area contributed by atoms with Gasteiger partial charge in [-0.1, -0.05) is 32.9 Å². The minimum atomic E-state index is -0.864. The number of benzene rings is 1. The number of ether oxygens (including phenoxy) is 6. The van der Waals surface area contributed by atoms with E-state index in [9.17, 15) is 24.4 Å². The second-order valence-electron chi connectivity index (χ2n) is 18.0. The number of Topliss-reactive ketones (excluding diaryl/α,β-unsaturated/α-hetero) is 1. The first-order chi connectivity index (χ1) is 34.1. The molecule has 0 bridgehead atoms. The summed E-state index contributed by atoms with van der Waals surface area (Å²) in [5, 5.41) is 18.2. The van der Waals surface area contributed by atoms with Gasteiger partial charge in [0.15, 0.2) is 12.4 Å². The number of anilines is 2. The molecule has 0 spiro atoms. The summed E-state index contributed by atoms with van der Waals surface area (Å²) in [7, 11) is 1.29. The van der Waals surface area contributed by atoms with Crippen LogP contribution in [0.3, 0.4) is 0 Å². The lowest BCUT2D eigenvalue weighted by atomic mass is 9.88. The number of carbonyl (C=O) groups excluding carboxylic acids is 4. The molecule has 0 saturated carbocycles. The third kappa shape index (κ3) is 15.4. The largest absolute Gasteiger partial charge is 0.484 e. The van der Waals surface area contributed by atoms with Crippen LogP contribution in [-0.2, 0) is 35.1 Å². The number of fused-ring (bicyclic) bond motifs is 1. The van der Waals surface area contributed by atoms with Gasteiger partial charge in [0, 0.05) is 67.7 Å². The van der Waals surface area contributed by atoms with Crippen LogP contribution >= 0.6 is 0 Å². The average Bonchev–Trinajstić information content (AvgIpc) is 3.55. The molecule has 0 aliphatic carbocycles. The quantitative estimate of drug-likeness (QED) is 0.0442. The zero-order chi connectivity index (χ0) is 50.8. The molecule has 3 N–H and O–H groups in total. The van der Waals surface area contributed by atoms with Crippen molar-refractivity contribution < 1.29 is 47.6 Å². The van der Waals surface area contributed by atoms with Gasteiger partial charge < -0.3 is 49.3 Å². The fourth-order valence-corrected chi connectivity index (χ4v) is 7.14. The van der Waals surface area contributed by atoms with Crippen LogP contribution in [0.1, 0.15) is 79.4 Å². The van der Waals surface area contributed by atoms with Crippen molar-refractivity contribution in [2.24, 2.45) is 5.41 Å². The second kappa shape index (κ2) is 25.3. The van der Waals surface area contributed by atoms with E-state index in [2.05, 4.69) is 62.7 Å². The fraction of sp³-hybridized carbons (Fsp3) is 0.412. The number of amides is 2. The number of nitriles is 1. The van der Waals surface area contributed by atoms with Gasteiger partial charge in [0.1, 0.15) is 35.1 Å². The number of nitrogens with zero attached hydrogens (tertiary/aromatic N) is 7. The number of ketones is 1. The molecule has 1 atom stereocenters. The van der Waals surface area contributed by atoms with Crippen LogP contribution in [0, 0.1) is 16.7 Å². The Kier molecular flexibility index (Phi) is 18.8. The number of nitrogens with one attached hydrogen (secondary N) is 3. The highest BCUT2D eigenvalue weighted by Gasteiger charge is 2.45. The molecule has 20 nitrogen and oxygen atoms in total. The SMILES string of the molecule is COC(=O)[C@H](CCC(C)(C)C)NC(=O)c1ccc(Oc2cccc(OCC(=O)NCCOCCOCCOCCNc3ncc(-c4ccc5c(n4)N(Cc4cccnc4C#N)C(C)(C)C5=O)cn3)c2)nc1. The number of aromatic nitrogens is 5. The van der Waals surface area contributed by atoms with E-state index in [-0.39, 0.29) is 41.7 Å². The van der Waals surface area contributed by atoms with Gasteiger partial charge in [-0.15, -0.1) is 0 Å². The summed E-state index contributed by atoms with van der Waals surface area (Å²) >= 11 is 0. The second-order valence-corrected chi connectivity index (χ2v) is 18.0. The molecule has 0 radical (unpaired) electrons. The molecule has 1 aliphatic heterocycles. The van der Waals surface area contributed by atoms with Crippen LogP contribution in [0.25, 0.3) is 11.3 Å². The maximum atomic E-state index is 13.3. The molecule has 71 heavy (non-hydrogen) atoms. The van der Waals surface area contributed by atoms with Crippen LogP contribution in [0.2, 0.25) is 0 Å². The number of esters is 1. The summed E-state index contributed by atoms with van der Waals surface area (Å²) in [6, 6.07) is 18.3. The third-order valence-electron chi connectivity index (χ3n) is 11.1. The van der Waals surface area contributed by atoms with Gasteiger partial charge in [0.2, 0.25) is 11.8 Å². The first-order valence-corrected chi connectivity index (χ1v) is 23.1. The highest BCUT2D eigenvalue weighted by atomic mass is 16.5. The maximum absolute atomic E-state index is 13.3. The summed E-state index contributed by atoms with van der Waals surface area (Å²) in [5.41, 5.74) is 2.19. The highest BCUT2D eigenvalue weighted by molar-refractivity contribution is 6.13. The minimum absolute atomic E-state index is 0.0195. The monoisotopic (exact) mass is 972 g/mol. The maximum Gasteiger partial charge on any atom is 0.328 e. The lowest BCUT2D eigenvalue weighted by molar-refractivity contribution is -0.143. The normalized spacial score (nSPS) is 13.1. The van der Waals surface area contributed by atoms with E-state index < -0.39 is 23.5 Å². The minimum Gasteiger partial charge on any atom is -0.484 e. The Hall–Kier alpha value is -7.60. The van der Waals surface area contributed by atoms with E-state index >= 15 is 0 Å². The van der Waals surface area contributed by atoms with Crippen LogP contribution in [0.4, 0.5) is 11.8 Å². The Labute approximate surface area is 412 Å². The molecule has 2 amide bonds. The van der Waals surface area contributed by atoms with Crippen LogP contribution < -0.4 is 30.3 Å². The van der Waals surface area contributed by atoms with Crippen molar-refractivity contribution in [2.45, 2.75) is 65.6 Å². The topological polar surface area (TPSA) is 251 Å². The summed E-state index contributed by atoms with van der Waals surface area (Å²) in [5.74, 6) is 0.669. The third-order valence-corrected chi connectivity index (χ3v) is 11.1. The van der Waals surface area contributed by atoms with E-state index in [1.54, 1.807) is 67.1 Å². The van der Waals surface area contributed by atoms with Crippen molar-refractivity contribution in [3.8, 4) is 34.7 Å². The summed E-state index contributed by atoms with van der Waals surface area (Å²) in [4.78, 5) is 74.8. The van der Waals surface area contributed by atoms with Crippen molar-refractivity contribution >= 4 is 35.3 Å². The lowest BCUT2D eigenvalue weighted by Gasteiger charge is -2.32. The molecular weight excluding hydrogens is 913 g/mol. The molecule has 0 fully saturated rings. The van der Waals surface area contributed by atoms with Crippen molar-refractivity contribution in [3.05, 3.63) is 108 Å². The van der Waals surface area contributed by atoms with Crippen molar-refractivity contribution in [1.82, 2.24) is 35.6 Å². The Morgan fingerprint density at radius 1 is 0.845 bits per heavy atom. The van der Waals surface area contributed by atoms with Crippen LogP contribution in [0.5, 0.6) is 17.4 Å². The Morgan fingerprint density at radius 2 is 1.56 bits per heavy atom. The van der Waals surface area contributed by atoms with Gasteiger partial charge in [0.25, 0.3) is 11.8 Å². The number of hydrogen-bond donors (Lipinski definition) is 3. The van der Waals surface area contributed by atoms with Crippen LogP contribution in [-0.4, -0.2) is 127 Å². The van der Waals surface area contributed by atoms with Gasteiger partial charge in [-0.05, 0) is 68.5 Å². The van der Waals surface area contributed by atoms with Crippen molar-refractivity contribution in [3.63, 3.8) is 0 Å². The predicted molar refractivity (Wildman–Crippen MR) is 261 cm³/mol. The molecule has 6 rings (SSSR count). The predicted octanol–water partition coefficient (Wildman–Crippen LogP) is 5.73. The fourth-order valence-electron chi connectivity index (χ4n) is 7.14. The van der Waals surface area contributed by atoms with Crippen LogP contribution in [0.15, 0.2) is 85.5 Å². The number of carbonyl (C=O) groups is 4. The van der Waals surface area contributed by atoms with E-state index in [4.69, 9.17) is 33.4 Å². The Bertz CT molecular complexity index is 2640. The molecule has 5 heterocycles. The van der Waals surface area contributed by atoms with E-state index in [0.717, 1.165) is 0 Å².